The zero-order chi connectivity index (χ0) is 15.5. The highest BCUT2D eigenvalue weighted by atomic mass is 32.2. The maximum absolute atomic E-state index is 12.1. The lowest BCUT2D eigenvalue weighted by atomic mass is 10.3. The molecule has 1 amide bonds. The second-order valence-corrected chi connectivity index (χ2v) is 8.29. The van der Waals surface area contributed by atoms with Gasteiger partial charge in [0.25, 0.3) is 0 Å². The van der Waals surface area contributed by atoms with E-state index in [2.05, 4.69) is 0 Å². The molecule has 1 saturated heterocycles. The van der Waals surface area contributed by atoms with Crippen LogP contribution in [0.2, 0.25) is 0 Å². The highest BCUT2D eigenvalue weighted by Gasteiger charge is 2.33. The molecule has 0 bridgehead atoms. The maximum atomic E-state index is 12.1. The van der Waals surface area contributed by atoms with Gasteiger partial charge >= 0.3 is 5.91 Å². The van der Waals surface area contributed by atoms with Crippen LogP contribution in [0.15, 0.2) is 16.5 Å². The molecule has 2 rings (SSSR count). The molecule has 2 heterocycles. The number of nitrogen functional groups attached to an aromatic ring is 1. The number of rotatable bonds is 5. The lowest BCUT2D eigenvalue weighted by Crippen LogP contribution is -2.47. The fourth-order valence-electron chi connectivity index (χ4n) is 2.18. The van der Waals surface area contributed by atoms with E-state index in [1.807, 2.05) is 10.3 Å². The van der Waals surface area contributed by atoms with Gasteiger partial charge in [0, 0.05) is 23.8 Å². The molecule has 0 aromatic carbocycles. The third kappa shape index (κ3) is 3.79. The molecule has 1 fully saturated rings. The van der Waals surface area contributed by atoms with Gasteiger partial charge in [-0.1, -0.05) is 6.92 Å². The van der Waals surface area contributed by atoms with Gasteiger partial charge in [-0.25, -0.2) is 14.3 Å². The molecular weight excluding hydrogens is 314 g/mol. The predicted octanol–water partition coefficient (Wildman–Crippen LogP) is 0.193. The fourth-order valence-corrected chi connectivity index (χ4v) is 5.26. The van der Waals surface area contributed by atoms with Crippen LogP contribution in [0.25, 0.3) is 0 Å². The number of thioether (sulfide) groups is 1. The minimum atomic E-state index is -3.14. The molecule has 1 unspecified atom stereocenters. The Bertz CT molecular complexity index is 599. The van der Waals surface area contributed by atoms with Gasteiger partial charge in [-0.2, -0.15) is 11.8 Å². The lowest BCUT2D eigenvalue weighted by molar-refractivity contribution is 0.0922. The molecule has 0 saturated carbocycles. The summed E-state index contributed by atoms with van der Waals surface area (Å²) in [5, 5.41) is -0.502. The summed E-state index contributed by atoms with van der Waals surface area (Å²) in [5.74, 6) is 6.77. The van der Waals surface area contributed by atoms with E-state index in [4.69, 9.17) is 10.3 Å². The molecule has 7 nitrogen and oxygen atoms in total. The van der Waals surface area contributed by atoms with Crippen LogP contribution in [-0.2, 0) is 16.4 Å². The third-order valence-electron chi connectivity index (χ3n) is 3.38. The summed E-state index contributed by atoms with van der Waals surface area (Å²) in [6, 6.07) is 3.20. The van der Waals surface area contributed by atoms with Crippen molar-refractivity contribution in [1.29, 1.82) is 0 Å². The molecule has 1 aliphatic rings. The van der Waals surface area contributed by atoms with Crippen LogP contribution in [-0.4, -0.2) is 48.4 Å². The van der Waals surface area contributed by atoms with Crippen molar-refractivity contribution in [1.82, 2.24) is 10.3 Å². The number of hydrazine groups is 1. The Labute approximate surface area is 128 Å². The molecule has 3 N–H and O–H groups in total. The molecule has 1 aromatic heterocycles. The topological polar surface area (TPSA) is 106 Å². The van der Waals surface area contributed by atoms with Gasteiger partial charge in [0.2, 0.25) is 0 Å². The predicted molar refractivity (Wildman–Crippen MR) is 81.3 cm³/mol. The van der Waals surface area contributed by atoms with Crippen molar-refractivity contribution in [3.8, 4) is 0 Å². The summed E-state index contributed by atoms with van der Waals surface area (Å²) >= 11 is 1.64. The Morgan fingerprint density at radius 3 is 3.00 bits per heavy atom. The number of hydrogen-bond acceptors (Lipinski definition) is 7. The van der Waals surface area contributed by atoms with Gasteiger partial charge in [0.15, 0.2) is 15.6 Å². The van der Waals surface area contributed by atoms with E-state index in [-0.39, 0.29) is 11.5 Å². The first kappa shape index (κ1) is 16.3. The Morgan fingerprint density at radius 2 is 2.33 bits per heavy atom. The second-order valence-electron chi connectivity index (χ2n) is 4.69. The number of sulfone groups is 1. The average molecular weight is 333 g/mol. The number of nitrogens with two attached hydrogens (primary N) is 1. The van der Waals surface area contributed by atoms with Crippen molar-refractivity contribution in [2.75, 3.05) is 23.8 Å². The second kappa shape index (κ2) is 6.82. The van der Waals surface area contributed by atoms with Crippen LogP contribution < -0.4 is 11.3 Å². The zero-order valence-electron chi connectivity index (χ0n) is 11.7. The SMILES string of the molecule is CCS(=O)(=O)C1CSCCN1Cc1ccc(C(=O)NN)o1. The van der Waals surface area contributed by atoms with E-state index < -0.39 is 21.1 Å². The van der Waals surface area contributed by atoms with E-state index >= 15 is 0 Å². The number of nitrogens with zero attached hydrogens (tertiary/aromatic N) is 1. The average Bonchev–Trinajstić information content (AvgIpc) is 2.95. The van der Waals surface area contributed by atoms with E-state index in [1.54, 1.807) is 24.8 Å². The molecule has 9 heteroatoms. The van der Waals surface area contributed by atoms with Crippen molar-refractivity contribution in [2.24, 2.45) is 5.84 Å². The first-order valence-corrected chi connectivity index (χ1v) is 9.48. The largest absolute Gasteiger partial charge is 0.455 e. The minimum Gasteiger partial charge on any atom is -0.455 e. The fraction of sp³-hybridized carbons (Fsp3) is 0.583. The van der Waals surface area contributed by atoms with Gasteiger partial charge in [-0.05, 0) is 12.1 Å². The normalized spacial score (nSPS) is 20.4. The summed E-state index contributed by atoms with van der Waals surface area (Å²) in [6.45, 7) is 2.69. The maximum Gasteiger partial charge on any atom is 0.300 e. The minimum absolute atomic E-state index is 0.119. The quantitative estimate of drug-likeness (QED) is 0.450. The van der Waals surface area contributed by atoms with Gasteiger partial charge in [-0.15, -0.1) is 0 Å². The van der Waals surface area contributed by atoms with Crippen molar-refractivity contribution < 1.29 is 17.6 Å². The van der Waals surface area contributed by atoms with Crippen LogP contribution in [0.4, 0.5) is 0 Å². The molecule has 1 atom stereocenters. The van der Waals surface area contributed by atoms with E-state index in [1.165, 1.54) is 6.07 Å². The van der Waals surface area contributed by atoms with Crippen molar-refractivity contribution >= 4 is 27.5 Å². The molecule has 21 heavy (non-hydrogen) atoms. The standard InChI is InChI=1S/C12H19N3O4S2/c1-2-21(17,18)11-8-20-6-5-15(11)7-9-3-4-10(19-9)12(16)14-13/h3-4,11H,2,5-8,13H2,1H3,(H,14,16). The van der Waals surface area contributed by atoms with Crippen molar-refractivity contribution in [3.63, 3.8) is 0 Å². The van der Waals surface area contributed by atoms with Crippen LogP contribution in [0.5, 0.6) is 0 Å². The number of furan rings is 1. The van der Waals surface area contributed by atoms with Gasteiger partial charge in [0.05, 0.1) is 6.54 Å². The summed E-state index contributed by atoms with van der Waals surface area (Å²) in [7, 11) is -3.14. The summed E-state index contributed by atoms with van der Waals surface area (Å²) < 4.78 is 29.7. The Balaban J connectivity index is 2.12. The zero-order valence-corrected chi connectivity index (χ0v) is 13.4. The van der Waals surface area contributed by atoms with Gasteiger partial charge < -0.3 is 4.42 Å². The molecule has 0 radical (unpaired) electrons. The Hall–Kier alpha value is -1.03. The van der Waals surface area contributed by atoms with Crippen molar-refractivity contribution in [2.45, 2.75) is 18.8 Å². The highest BCUT2D eigenvalue weighted by Crippen LogP contribution is 2.24. The van der Waals surface area contributed by atoms with Gasteiger partial charge in [0.1, 0.15) is 11.1 Å². The number of carbonyl (C=O) groups is 1. The molecule has 1 aliphatic heterocycles. The molecule has 1 aromatic rings. The highest BCUT2D eigenvalue weighted by molar-refractivity contribution is 8.01. The van der Waals surface area contributed by atoms with E-state index in [9.17, 15) is 13.2 Å². The van der Waals surface area contributed by atoms with E-state index in [0.29, 0.717) is 24.6 Å². The first-order valence-electron chi connectivity index (χ1n) is 6.61. The third-order valence-corrected chi connectivity index (χ3v) is 6.72. The van der Waals surface area contributed by atoms with Gasteiger partial charge in [-0.3, -0.25) is 15.1 Å². The van der Waals surface area contributed by atoms with Crippen LogP contribution in [0.1, 0.15) is 23.2 Å². The molecule has 118 valence electrons. The number of amides is 1. The van der Waals surface area contributed by atoms with Crippen LogP contribution >= 0.6 is 11.8 Å². The van der Waals surface area contributed by atoms with Crippen LogP contribution in [0.3, 0.4) is 0 Å². The van der Waals surface area contributed by atoms with Crippen LogP contribution in [0, 0.1) is 0 Å². The number of nitrogens with one attached hydrogen (secondary N) is 1. The summed E-state index contributed by atoms with van der Waals surface area (Å²) in [5.41, 5.74) is 1.99. The monoisotopic (exact) mass is 333 g/mol. The number of hydrogen-bond donors (Lipinski definition) is 2. The summed E-state index contributed by atoms with van der Waals surface area (Å²) in [6.07, 6.45) is 0. The molecule has 0 spiro atoms. The Kier molecular flexibility index (Phi) is 5.31. The van der Waals surface area contributed by atoms with Crippen molar-refractivity contribution in [3.05, 3.63) is 23.7 Å². The first-order chi connectivity index (χ1) is 9.97. The Morgan fingerprint density at radius 1 is 1.57 bits per heavy atom. The smallest absolute Gasteiger partial charge is 0.300 e. The lowest BCUT2D eigenvalue weighted by Gasteiger charge is -2.33. The molecule has 0 aliphatic carbocycles. The molecular formula is C12H19N3O4S2. The summed E-state index contributed by atoms with van der Waals surface area (Å²) in [4.78, 5) is 13.2. The number of carbonyl (C=O) groups excluding carboxylic acids is 1. The van der Waals surface area contributed by atoms with E-state index in [0.717, 1.165) is 5.75 Å².